The van der Waals surface area contributed by atoms with Crippen LogP contribution in [0.2, 0.25) is 0 Å². The summed E-state index contributed by atoms with van der Waals surface area (Å²) in [5, 5.41) is 0. The van der Waals surface area contributed by atoms with Gasteiger partial charge in [0.1, 0.15) is 5.76 Å². The third-order valence-corrected chi connectivity index (χ3v) is 5.30. The zero-order valence-corrected chi connectivity index (χ0v) is 14.6. The van der Waals surface area contributed by atoms with Gasteiger partial charge in [-0.25, -0.2) is 0 Å². The van der Waals surface area contributed by atoms with E-state index in [9.17, 15) is 9.59 Å². The van der Waals surface area contributed by atoms with Gasteiger partial charge in [0.15, 0.2) is 0 Å². The molecule has 0 aromatic carbocycles. The third kappa shape index (κ3) is 3.64. The van der Waals surface area contributed by atoms with Crippen molar-refractivity contribution >= 4 is 11.8 Å². The van der Waals surface area contributed by atoms with E-state index in [0.717, 1.165) is 44.5 Å². The normalized spacial score (nSPS) is 24.5. The highest BCUT2D eigenvalue weighted by molar-refractivity contribution is 5.78. The average molecular weight is 333 g/mol. The highest BCUT2D eigenvalue weighted by atomic mass is 16.3. The number of hydrogen-bond donors (Lipinski definition) is 0. The van der Waals surface area contributed by atoms with Crippen LogP contribution in [0.15, 0.2) is 22.8 Å². The zero-order chi connectivity index (χ0) is 17.1. The van der Waals surface area contributed by atoms with E-state index in [2.05, 4.69) is 4.90 Å². The predicted molar refractivity (Wildman–Crippen MR) is 90.2 cm³/mol. The van der Waals surface area contributed by atoms with E-state index < -0.39 is 0 Å². The molecule has 0 radical (unpaired) electrons. The van der Waals surface area contributed by atoms with Crippen LogP contribution in [-0.2, 0) is 16.1 Å². The highest BCUT2D eigenvalue weighted by Gasteiger charge is 2.39. The number of carbonyl (C=O) groups excluding carboxylic acids is 2. The number of rotatable bonds is 5. The summed E-state index contributed by atoms with van der Waals surface area (Å²) < 4.78 is 5.32. The molecule has 3 heterocycles. The van der Waals surface area contributed by atoms with Crippen LogP contribution >= 0.6 is 0 Å². The van der Waals surface area contributed by atoms with Crippen molar-refractivity contribution in [3.8, 4) is 0 Å². The summed E-state index contributed by atoms with van der Waals surface area (Å²) >= 11 is 0. The van der Waals surface area contributed by atoms with Gasteiger partial charge in [0.25, 0.3) is 0 Å². The Bertz CT molecular complexity index is 572. The van der Waals surface area contributed by atoms with E-state index in [1.165, 1.54) is 0 Å². The third-order valence-electron chi connectivity index (χ3n) is 5.30. The van der Waals surface area contributed by atoms with Crippen molar-refractivity contribution in [1.82, 2.24) is 14.7 Å². The Labute approximate surface area is 143 Å². The molecule has 2 aliphatic rings. The van der Waals surface area contributed by atoms with Crippen molar-refractivity contribution in [1.29, 1.82) is 0 Å². The fourth-order valence-electron chi connectivity index (χ4n) is 4.09. The predicted octanol–water partition coefficient (Wildman–Crippen LogP) is 1.71. The van der Waals surface area contributed by atoms with Crippen LogP contribution in [0.5, 0.6) is 0 Å². The monoisotopic (exact) mass is 333 g/mol. The first kappa shape index (κ1) is 17.0. The molecule has 0 aliphatic carbocycles. The molecule has 0 N–H and O–H groups in total. The van der Waals surface area contributed by atoms with E-state index in [0.29, 0.717) is 19.1 Å². The maximum atomic E-state index is 12.6. The largest absolute Gasteiger partial charge is 0.467 e. The summed E-state index contributed by atoms with van der Waals surface area (Å²) in [7, 11) is 1.81. The van der Waals surface area contributed by atoms with Crippen molar-refractivity contribution < 1.29 is 14.0 Å². The number of carbonyl (C=O) groups is 2. The molecule has 1 aromatic heterocycles. The maximum absolute atomic E-state index is 12.6. The molecule has 2 atom stereocenters. The molecule has 2 aliphatic heterocycles. The number of likely N-dealkylation sites (tertiary alicyclic amines) is 2. The summed E-state index contributed by atoms with van der Waals surface area (Å²) in [6.07, 6.45) is 5.92. The zero-order valence-electron chi connectivity index (χ0n) is 14.6. The fraction of sp³-hybridized carbons (Fsp3) is 0.667. The Hall–Kier alpha value is -1.82. The van der Waals surface area contributed by atoms with Crippen LogP contribution in [0.1, 0.15) is 38.4 Å². The molecule has 2 amide bonds. The summed E-state index contributed by atoms with van der Waals surface area (Å²) in [4.78, 5) is 30.4. The van der Waals surface area contributed by atoms with Gasteiger partial charge in [-0.3, -0.25) is 14.5 Å². The second kappa shape index (κ2) is 7.38. The second-order valence-corrected chi connectivity index (χ2v) is 6.93. The minimum Gasteiger partial charge on any atom is -0.467 e. The fourth-order valence-corrected chi connectivity index (χ4v) is 4.09. The number of amides is 2. The van der Waals surface area contributed by atoms with Crippen LogP contribution in [0.3, 0.4) is 0 Å². The Morgan fingerprint density at radius 1 is 1.25 bits per heavy atom. The first-order chi connectivity index (χ1) is 11.6. The van der Waals surface area contributed by atoms with Gasteiger partial charge < -0.3 is 14.2 Å². The van der Waals surface area contributed by atoms with Crippen molar-refractivity contribution in [2.45, 2.75) is 51.2 Å². The summed E-state index contributed by atoms with van der Waals surface area (Å²) in [6, 6.07) is 4.30. The van der Waals surface area contributed by atoms with Gasteiger partial charge >= 0.3 is 0 Å². The van der Waals surface area contributed by atoms with Gasteiger partial charge in [0.2, 0.25) is 11.8 Å². The van der Waals surface area contributed by atoms with E-state index in [1.54, 1.807) is 18.1 Å². The maximum Gasteiger partial charge on any atom is 0.236 e. The van der Waals surface area contributed by atoms with Gasteiger partial charge in [0.05, 0.1) is 19.4 Å². The molecule has 0 bridgehead atoms. The Morgan fingerprint density at radius 3 is 2.71 bits per heavy atom. The van der Waals surface area contributed by atoms with Crippen LogP contribution in [0.4, 0.5) is 0 Å². The molecule has 0 spiro atoms. The van der Waals surface area contributed by atoms with E-state index in [1.807, 2.05) is 24.1 Å². The molecule has 0 saturated carbocycles. The molecule has 2 saturated heterocycles. The first-order valence-electron chi connectivity index (χ1n) is 8.84. The van der Waals surface area contributed by atoms with E-state index in [-0.39, 0.29) is 17.9 Å². The minimum absolute atomic E-state index is 0.102. The van der Waals surface area contributed by atoms with Crippen LogP contribution in [0, 0.1) is 0 Å². The molecular weight excluding hydrogens is 306 g/mol. The smallest absolute Gasteiger partial charge is 0.236 e. The molecule has 0 unspecified atom stereocenters. The molecule has 6 nitrogen and oxygen atoms in total. The second-order valence-electron chi connectivity index (χ2n) is 6.93. The minimum atomic E-state index is 0.102. The lowest BCUT2D eigenvalue weighted by Crippen LogP contribution is -2.50. The lowest BCUT2D eigenvalue weighted by Gasteiger charge is -2.34. The quantitative estimate of drug-likeness (QED) is 0.823. The Balaban J connectivity index is 1.59. The summed E-state index contributed by atoms with van der Waals surface area (Å²) in [5.41, 5.74) is 0. The van der Waals surface area contributed by atoms with Gasteiger partial charge in [-0.15, -0.1) is 0 Å². The molecule has 24 heavy (non-hydrogen) atoms. The number of hydrogen-bond acceptors (Lipinski definition) is 4. The Kier molecular flexibility index (Phi) is 5.23. The van der Waals surface area contributed by atoms with Crippen molar-refractivity contribution in [2.75, 3.05) is 26.7 Å². The molecule has 3 rings (SSSR count). The summed E-state index contributed by atoms with van der Waals surface area (Å²) in [6.45, 7) is 4.36. The number of likely N-dealkylation sites (N-methyl/N-ethyl adjacent to an activating group) is 1. The van der Waals surface area contributed by atoms with E-state index >= 15 is 0 Å². The molecule has 6 heteroatoms. The number of furan rings is 1. The standard InChI is InChI=1S/C18H27N3O3/c1-14(22)21-10-4-8-17(21)16-7-3-9-20(16)13-18(23)19(2)12-15-6-5-11-24-15/h5-6,11,16-17H,3-4,7-10,12-13H2,1-2H3/t16-,17-/m1/s1. The SMILES string of the molecule is CC(=O)N1CCC[C@@H]1[C@H]1CCCN1CC(=O)N(C)Cc1ccco1. The number of nitrogens with zero attached hydrogens (tertiary/aromatic N) is 3. The molecule has 1 aromatic rings. The summed E-state index contributed by atoms with van der Waals surface area (Å²) in [5.74, 6) is 1.05. The van der Waals surface area contributed by atoms with Crippen LogP contribution in [0.25, 0.3) is 0 Å². The lowest BCUT2D eigenvalue weighted by atomic mass is 10.0. The van der Waals surface area contributed by atoms with E-state index in [4.69, 9.17) is 4.42 Å². The Morgan fingerprint density at radius 2 is 2.00 bits per heavy atom. The molecular formula is C18H27N3O3. The van der Waals surface area contributed by atoms with Gasteiger partial charge in [-0.1, -0.05) is 0 Å². The van der Waals surface area contributed by atoms with Gasteiger partial charge in [0, 0.05) is 32.6 Å². The topological polar surface area (TPSA) is 57.0 Å². The molecule has 2 fully saturated rings. The highest BCUT2D eigenvalue weighted by Crippen LogP contribution is 2.30. The van der Waals surface area contributed by atoms with Crippen molar-refractivity contribution in [3.63, 3.8) is 0 Å². The first-order valence-corrected chi connectivity index (χ1v) is 8.84. The van der Waals surface area contributed by atoms with Crippen LogP contribution < -0.4 is 0 Å². The average Bonchev–Trinajstić information content (AvgIpc) is 3.27. The molecule has 132 valence electrons. The lowest BCUT2D eigenvalue weighted by molar-refractivity contribution is -0.133. The van der Waals surface area contributed by atoms with Crippen molar-refractivity contribution in [3.05, 3.63) is 24.2 Å². The van der Waals surface area contributed by atoms with Gasteiger partial charge in [-0.05, 0) is 44.4 Å². The van der Waals surface area contributed by atoms with Crippen molar-refractivity contribution in [2.24, 2.45) is 0 Å². The van der Waals surface area contributed by atoms with Gasteiger partial charge in [-0.2, -0.15) is 0 Å². The van der Waals surface area contributed by atoms with Crippen LogP contribution in [-0.4, -0.2) is 65.3 Å².